The van der Waals surface area contributed by atoms with Crippen molar-refractivity contribution in [1.82, 2.24) is 0 Å². The predicted molar refractivity (Wildman–Crippen MR) is 59.3 cm³/mol. The summed E-state index contributed by atoms with van der Waals surface area (Å²) in [6, 6.07) is 7.62. The van der Waals surface area contributed by atoms with Gasteiger partial charge in [-0.05, 0) is 30.2 Å². The second kappa shape index (κ2) is 5.34. The topological polar surface area (TPSA) is 9.23 Å². The van der Waals surface area contributed by atoms with Crippen LogP contribution < -0.4 is 4.74 Å². The van der Waals surface area contributed by atoms with Gasteiger partial charge in [0.25, 0.3) is 0 Å². The first-order valence-corrected chi connectivity index (χ1v) is 4.95. The van der Waals surface area contributed by atoms with E-state index in [1.54, 1.807) is 0 Å². The fraction of sp³-hybridized carbons (Fsp3) is 0.385. The highest BCUT2D eigenvalue weighted by Gasteiger charge is 1.99. The van der Waals surface area contributed by atoms with E-state index >= 15 is 0 Å². The van der Waals surface area contributed by atoms with Crippen molar-refractivity contribution in [3.8, 4) is 18.1 Å². The molecule has 1 aromatic carbocycles. The van der Waals surface area contributed by atoms with Crippen molar-refractivity contribution in [2.75, 3.05) is 6.61 Å². The lowest BCUT2D eigenvalue weighted by molar-refractivity contribution is 0.256. The summed E-state index contributed by atoms with van der Waals surface area (Å²) >= 11 is 0. The first-order valence-electron chi connectivity index (χ1n) is 4.95. The van der Waals surface area contributed by atoms with Gasteiger partial charge in [0.15, 0.2) is 0 Å². The van der Waals surface area contributed by atoms with Crippen molar-refractivity contribution < 1.29 is 4.74 Å². The van der Waals surface area contributed by atoms with E-state index < -0.39 is 0 Å². The van der Waals surface area contributed by atoms with Crippen LogP contribution in [-0.2, 0) is 0 Å². The summed E-state index contributed by atoms with van der Waals surface area (Å²) < 4.78 is 5.59. The molecule has 0 fully saturated rings. The lowest BCUT2D eigenvalue weighted by Crippen LogP contribution is -2.06. The van der Waals surface area contributed by atoms with E-state index in [9.17, 15) is 0 Å². The molecule has 74 valence electrons. The number of ether oxygens (including phenoxy) is 1. The normalized spacial score (nSPS) is 11.8. The molecule has 1 heteroatoms. The summed E-state index contributed by atoms with van der Waals surface area (Å²) in [4.78, 5) is 0. The number of benzene rings is 1. The molecule has 0 aliphatic carbocycles. The maximum Gasteiger partial charge on any atom is 0.119 e. The van der Waals surface area contributed by atoms with Crippen molar-refractivity contribution in [3.05, 3.63) is 29.8 Å². The van der Waals surface area contributed by atoms with Gasteiger partial charge in [-0.3, -0.25) is 0 Å². The molecule has 0 heterocycles. The number of terminal acetylenes is 1. The van der Waals surface area contributed by atoms with E-state index in [0.29, 0.717) is 5.92 Å². The standard InChI is InChI=1S/C13H16O/c1-4-11(3)10-14-13-8-6-12(5-2)7-9-13/h2,6-9,11H,4,10H2,1,3H3. The average Bonchev–Trinajstić information content (AvgIpc) is 2.26. The number of rotatable bonds is 4. The van der Waals surface area contributed by atoms with Gasteiger partial charge < -0.3 is 4.74 Å². The fourth-order valence-corrected chi connectivity index (χ4v) is 1.00. The van der Waals surface area contributed by atoms with Gasteiger partial charge in [0.05, 0.1) is 6.61 Å². The second-order valence-electron chi connectivity index (χ2n) is 3.49. The Hall–Kier alpha value is -1.42. The second-order valence-corrected chi connectivity index (χ2v) is 3.49. The van der Waals surface area contributed by atoms with Crippen LogP contribution >= 0.6 is 0 Å². The SMILES string of the molecule is C#Cc1ccc(OCC(C)CC)cc1. The summed E-state index contributed by atoms with van der Waals surface area (Å²) in [5, 5.41) is 0. The van der Waals surface area contributed by atoms with E-state index in [1.807, 2.05) is 24.3 Å². The lowest BCUT2D eigenvalue weighted by Gasteiger charge is -2.10. The molecule has 1 unspecified atom stereocenters. The van der Waals surface area contributed by atoms with Gasteiger partial charge in [-0.25, -0.2) is 0 Å². The van der Waals surface area contributed by atoms with E-state index in [2.05, 4.69) is 19.8 Å². The monoisotopic (exact) mass is 188 g/mol. The third-order valence-electron chi connectivity index (χ3n) is 2.25. The summed E-state index contributed by atoms with van der Waals surface area (Å²) in [6.45, 7) is 5.11. The Labute approximate surface area is 86.1 Å². The predicted octanol–water partition coefficient (Wildman–Crippen LogP) is 3.09. The van der Waals surface area contributed by atoms with E-state index in [1.165, 1.54) is 0 Å². The summed E-state index contributed by atoms with van der Waals surface area (Å²) in [6.07, 6.45) is 6.39. The summed E-state index contributed by atoms with van der Waals surface area (Å²) in [5.74, 6) is 4.07. The van der Waals surface area contributed by atoms with Gasteiger partial charge in [-0.15, -0.1) is 6.42 Å². The lowest BCUT2D eigenvalue weighted by atomic mass is 10.1. The van der Waals surface area contributed by atoms with E-state index in [-0.39, 0.29) is 0 Å². The molecule has 0 aliphatic heterocycles. The van der Waals surface area contributed by atoms with E-state index in [4.69, 9.17) is 11.2 Å². The molecule has 1 rings (SSSR count). The quantitative estimate of drug-likeness (QED) is 0.660. The van der Waals surface area contributed by atoms with Crippen LogP contribution in [0.15, 0.2) is 24.3 Å². The maximum atomic E-state index is 5.59. The van der Waals surface area contributed by atoms with Crippen LogP contribution in [0.25, 0.3) is 0 Å². The van der Waals surface area contributed by atoms with Crippen molar-refractivity contribution in [2.45, 2.75) is 20.3 Å². The molecule has 0 radical (unpaired) electrons. The van der Waals surface area contributed by atoms with Crippen molar-refractivity contribution in [3.63, 3.8) is 0 Å². The minimum absolute atomic E-state index is 0.599. The van der Waals surface area contributed by atoms with Crippen molar-refractivity contribution >= 4 is 0 Å². The van der Waals surface area contributed by atoms with Crippen LogP contribution in [0.4, 0.5) is 0 Å². The number of hydrogen-bond acceptors (Lipinski definition) is 1. The Bertz CT molecular complexity index is 305. The molecule has 1 aromatic rings. The van der Waals surface area contributed by atoms with Crippen LogP contribution in [0.5, 0.6) is 5.75 Å². The zero-order valence-electron chi connectivity index (χ0n) is 8.79. The highest BCUT2D eigenvalue weighted by molar-refractivity contribution is 5.36. The Kier molecular flexibility index (Phi) is 4.07. The Balaban J connectivity index is 2.49. The zero-order chi connectivity index (χ0) is 10.4. The summed E-state index contributed by atoms with van der Waals surface area (Å²) in [7, 11) is 0. The summed E-state index contributed by atoms with van der Waals surface area (Å²) in [5.41, 5.74) is 0.890. The average molecular weight is 188 g/mol. The largest absolute Gasteiger partial charge is 0.493 e. The van der Waals surface area contributed by atoms with Crippen LogP contribution in [0, 0.1) is 18.3 Å². The van der Waals surface area contributed by atoms with Gasteiger partial charge >= 0.3 is 0 Å². The third kappa shape index (κ3) is 3.14. The van der Waals surface area contributed by atoms with E-state index in [0.717, 1.165) is 24.3 Å². The van der Waals surface area contributed by atoms with Gasteiger partial charge in [0.2, 0.25) is 0 Å². The molecule has 0 amide bonds. The minimum atomic E-state index is 0.599. The van der Waals surface area contributed by atoms with Crippen molar-refractivity contribution in [2.24, 2.45) is 5.92 Å². The molecule has 1 nitrogen and oxygen atoms in total. The highest BCUT2D eigenvalue weighted by atomic mass is 16.5. The van der Waals surface area contributed by atoms with Crippen LogP contribution in [0.2, 0.25) is 0 Å². The van der Waals surface area contributed by atoms with Gasteiger partial charge in [0, 0.05) is 5.56 Å². The van der Waals surface area contributed by atoms with Crippen LogP contribution in [0.1, 0.15) is 25.8 Å². The molecular weight excluding hydrogens is 172 g/mol. The first kappa shape index (κ1) is 10.7. The molecule has 0 saturated heterocycles. The molecule has 0 N–H and O–H groups in total. The maximum absolute atomic E-state index is 5.59. The molecule has 0 aliphatic rings. The Morgan fingerprint density at radius 3 is 2.50 bits per heavy atom. The first-order chi connectivity index (χ1) is 6.76. The zero-order valence-corrected chi connectivity index (χ0v) is 8.79. The van der Waals surface area contributed by atoms with Crippen LogP contribution in [-0.4, -0.2) is 6.61 Å². The fourth-order valence-electron chi connectivity index (χ4n) is 1.00. The molecule has 0 bridgehead atoms. The Morgan fingerprint density at radius 1 is 1.36 bits per heavy atom. The van der Waals surface area contributed by atoms with Gasteiger partial charge in [0.1, 0.15) is 5.75 Å². The van der Waals surface area contributed by atoms with Gasteiger partial charge in [-0.1, -0.05) is 26.2 Å². The van der Waals surface area contributed by atoms with Gasteiger partial charge in [-0.2, -0.15) is 0 Å². The minimum Gasteiger partial charge on any atom is -0.493 e. The highest BCUT2D eigenvalue weighted by Crippen LogP contribution is 2.13. The smallest absolute Gasteiger partial charge is 0.119 e. The number of hydrogen-bond donors (Lipinski definition) is 0. The Morgan fingerprint density at radius 2 is 2.00 bits per heavy atom. The van der Waals surface area contributed by atoms with Crippen LogP contribution in [0.3, 0.4) is 0 Å². The third-order valence-corrected chi connectivity index (χ3v) is 2.25. The van der Waals surface area contributed by atoms with Crippen molar-refractivity contribution in [1.29, 1.82) is 0 Å². The molecule has 1 atom stereocenters. The molecule has 14 heavy (non-hydrogen) atoms. The molecular formula is C13H16O. The molecule has 0 spiro atoms. The molecule has 0 saturated carbocycles. The molecule has 0 aromatic heterocycles.